The van der Waals surface area contributed by atoms with Gasteiger partial charge in [-0.2, -0.15) is 0 Å². The summed E-state index contributed by atoms with van der Waals surface area (Å²) in [6.07, 6.45) is 0.116. The van der Waals surface area contributed by atoms with Crippen molar-refractivity contribution in [2.75, 3.05) is 0 Å². The number of carboxylic acid groups (broad SMARTS) is 1. The molecular weight excluding hydrogens is 386 g/mol. The molecule has 0 unspecified atom stereocenters. The average molecular weight is 409 g/mol. The maximum absolute atomic E-state index is 12.9. The average Bonchev–Trinajstić information content (AvgIpc) is 2.80. The first-order valence-electron chi connectivity index (χ1n) is 10.2. The van der Waals surface area contributed by atoms with E-state index in [-0.39, 0.29) is 12.3 Å². The molecule has 31 heavy (non-hydrogen) atoms. The van der Waals surface area contributed by atoms with Gasteiger partial charge in [-0.05, 0) is 27.5 Å². The number of fused-ring (bicyclic) bond motifs is 1. The molecule has 0 aliphatic rings. The van der Waals surface area contributed by atoms with Crippen molar-refractivity contribution in [1.29, 1.82) is 0 Å². The summed E-state index contributed by atoms with van der Waals surface area (Å²) in [4.78, 5) is 25.1. The molecule has 0 radical (unpaired) electrons. The van der Waals surface area contributed by atoms with Crippen molar-refractivity contribution in [1.82, 2.24) is 5.32 Å². The van der Waals surface area contributed by atoms with E-state index in [4.69, 9.17) is 0 Å². The number of aliphatic carboxylic acids is 1. The first-order valence-corrected chi connectivity index (χ1v) is 10.2. The van der Waals surface area contributed by atoms with Gasteiger partial charge in [0.15, 0.2) is 0 Å². The topological polar surface area (TPSA) is 66.4 Å². The molecule has 4 rings (SSSR count). The van der Waals surface area contributed by atoms with Crippen molar-refractivity contribution in [2.45, 2.75) is 18.4 Å². The number of hydrogen-bond donors (Lipinski definition) is 2. The Morgan fingerprint density at radius 3 is 1.84 bits per heavy atom. The Balaban J connectivity index is 1.60. The molecule has 0 aliphatic carbocycles. The lowest BCUT2D eigenvalue weighted by atomic mass is 9.85. The summed E-state index contributed by atoms with van der Waals surface area (Å²) >= 11 is 0. The minimum absolute atomic E-state index is 0.116. The summed E-state index contributed by atoms with van der Waals surface area (Å²) in [7, 11) is 0. The predicted molar refractivity (Wildman–Crippen MR) is 122 cm³/mol. The third-order valence-corrected chi connectivity index (χ3v) is 5.41. The SMILES string of the molecule is O=C(Cc1ccc2ccccc2c1)N[C@H](C(=O)O)C(c1ccccc1)c1ccccc1. The summed E-state index contributed by atoms with van der Waals surface area (Å²) in [6, 6.07) is 31.6. The third-order valence-electron chi connectivity index (χ3n) is 5.41. The van der Waals surface area contributed by atoms with Crippen LogP contribution in [0.4, 0.5) is 0 Å². The number of carbonyl (C=O) groups excluding carboxylic acids is 1. The molecule has 2 N–H and O–H groups in total. The second-order valence-corrected chi connectivity index (χ2v) is 7.54. The van der Waals surface area contributed by atoms with Gasteiger partial charge in [0.1, 0.15) is 6.04 Å². The minimum atomic E-state index is -1.09. The van der Waals surface area contributed by atoms with Crippen molar-refractivity contribution in [3.05, 3.63) is 120 Å². The summed E-state index contributed by atoms with van der Waals surface area (Å²) in [5.41, 5.74) is 2.52. The highest BCUT2D eigenvalue weighted by molar-refractivity contribution is 5.88. The first-order chi connectivity index (χ1) is 15.1. The van der Waals surface area contributed by atoms with E-state index < -0.39 is 17.9 Å². The molecule has 0 heterocycles. The van der Waals surface area contributed by atoms with Crippen LogP contribution in [-0.4, -0.2) is 23.0 Å². The van der Waals surface area contributed by atoms with Gasteiger partial charge < -0.3 is 10.4 Å². The van der Waals surface area contributed by atoms with Crippen molar-refractivity contribution in [3.63, 3.8) is 0 Å². The second kappa shape index (κ2) is 9.26. The Bertz CT molecular complexity index is 1150. The van der Waals surface area contributed by atoms with Crippen LogP contribution in [0, 0.1) is 0 Å². The standard InChI is InChI=1S/C27H23NO3/c29-24(18-19-15-16-20-9-7-8-14-23(20)17-19)28-26(27(30)31)25(21-10-3-1-4-11-21)22-12-5-2-6-13-22/h1-17,25-26H,18H2,(H,28,29)(H,30,31)/t26-/m0/s1. The monoisotopic (exact) mass is 409 g/mol. The van der Waals surface area contributed by atoms with E-state index >= 15 is 0 Å². The van der Waals surface area contributed by atoms with Gasteiger partial charge in [0.25, 0.3) is 0 Å². The maximum atomic E-state index is 12.9. The van der Waals surface area contributed by atoms with Crippen molar-refractivity contribution in [3.8, 4) is 0 Å². The molecule has 4 nitrogen and oxygen atoms in total. The van der Waals surface area contributed by atoms with Gasteiger partial charge in [0.05, 0.1) is 6.42 Å². The molecule has 154 valence electrons. The normalized spacial score (nSPS) is 11.9. The number of amides is 1. The number of nitrogens with one attached hydrogen (secondary N) is 1. The van der Waals surface area contributed by atoms with E-state index in [0.29, 0.717) is 0 Å². The van der Waals surface area contributed by atoms with Crippen LogP contribution in [0.1, 0.15) is 22.6 Å². The molecule has 1 atom stereocenters. The lowest BCUT2D eigenvalue weighted by Gasteiger charge is -2.26. The molecule has 0 saturated heterocycles. The van der Waals surface area contributed by atoms with Crippen molar-refractivity contribution < 1.29 is 14.7 Å². The number of carboxylic acids is 1. The van der Waals surface area contributed by atoms with Crippen LogP contribution in [-0.2, 0) is 16.0 Å². The zero-order valence-corrected chi connectivity index (χ0v) is 16.9. The Hall–Kier alpha value is -3.92. The molecule has 4 heteroatoms. The predicted octanol–water partition coefficient (Wildman–Crippen LogP) is 4.78. The highest BCUT2D eigenvalue weighted by atomic mass is 16.4. The summed E-state index contributed by atoms with van der Waals surface area (Å²) < 4.78 is 0. The van der Waals surface area contributed by atoms with E-state index in [0.717, 1.165) is 27.5 Å². The minimum Gasteiger partial charge on any atom is -0.480 e. The number of benzene rings is 4. The fourth-order valence-electron chi connectivity index (χ4n) is 3.94. The zero-order valence-electron chi connectivity index (χ0n) is 16.9. The molecule has 4 aromatic carbocycles. The fourth-order valence-corrected chi connectivity index (χ4v) is 3.94. The van der Waals surface area contributed by atoms with Gasteiger partial charge in [-0.15, -0.1) is 0 Å². The van der Waals surface area contributed by atoms with Gasteiger partial charge in [-0.3, -0.25) is 4.79 Å². The van der Waals surface area contributed by atoms with Crippen LogP contribution >= 0.6 is 0 Å². The van der Waals surface area contributed by atoms with Gasteiger partial charge in [-0.1, -0.05) is 103 Å². The molecule has 0 bridgehead atoms. The van der Waals surface area contributed by atoms with Gasteiger partial charge in [-0.25, -0.2) is 4.79 Å². The van der Waals surface area contributed by atoms with Gasteiger partial charge in [0.2, 0.25) is 5.91 Å². The molecule has 0 aliphatic heterocycles. The summed E-state index contributed by atoms with van der Waals surface area (Å²) in [6.45, 7) is 0. The van der Waals surface area contributed by atoms with E-state index in [1.807, 2.05) is 103 Å². The Labute approximate surface area is 181 Å². The molecule has 0 spiro atoms. The Morgan fingerprint density at radius 1 is 0.710 bits per heavy atom. The largest absolute Gasteiger partial charge is 0.480 e. The summed E-state index contributed by atoms with van der Waals surface area (Å²) in [5.74, 6) is -1.88. The van der Waals surface area contributed by atoms with Crippen LogP contribution in [0.25, 0.3) is 10.8 Å². The van der Waals surface area contributed by atoms with E-state index in [1.54, 1.807) is 0 Å². The maximum Gasteiger partial charge on any atom is 0.327 e. The molecule has 1 amide bonds. The van der Waals surface area contributed by atoms with E-state index in [2.05, 4.69) is 5.32 Å². The smallest absolute Gasteiger partial charge is 0.327 e. The fraction of sp³-hybridized carbons (Fsp3) is 0.111. The van der Waals surface area contributed by atoms with E-state index in [9.17, 15) is 14.7 Å². The molecule has 0 fully saturated rings. The van der Waals surface area contributed by atoms with Gasteiger partial charge in [0, 0.05) is 5.92 Å². The molecule has 4 aromatic rings. The number of hydrogen-bond acceptors (Lipinski definition) is 2. The second-order valence-electron chi connectivity index (χ2n) is 7.54. The highest BCUT2D eigenvalue weighted by Crippen LogP contribution is 2.28. The number of rotatable bonds is 7. The Morgan fingerprint density at radius 2 is 1.26 bits per heavy atom. The zero-order chi connectivity index (χ0) is 21.6. The van der Waals surface area contributed by atoms with Crippen molar-refractivity contribution >= 4 is 22.6 Å². The quantitative estimate of drug-likeness (QED) is 0.461. The van der Waals surface area contributed by atoms with E-state index in [1.165, 1.54) is 0 Å². The van der Waals surface area contributed by atoms with Crippen LogP contribution in [0.3, 0.4) is 0 Å². The van der Waals surface area contributed by atoms with Crippen LogP contribution in [0.5, 0.6) is 0 Å². The first kappa shape index (κ1) is 20.4. The van der Waals surface area contributed by atoms with Crippen LogP contribution in [0.15, 0.2) is 103 Å². The molecule has 0 aromatic heterocycles. The van der Waals surface area contributed by atoms with Crippen LogP contribution in [0.2, 0.25) is 0 Å². The van der Waals surface area contributed by atoms with Crippen LogP contribution < -0.4 is 5.32 Å². The summed E-state index contributed by atoms with van der Waals surface area (Å²) in [5, 5.41) is 14.9. The lowest BCUT2D eigenvalue weighted by molar-refractivity contribution is -0.142. The van der Waals surface area contributed by atoms with Gasteiger partial charge >= 0.3 is 5.97 Å². The third kappa shape index (κ3) is 4.81. The lowest BCUT2D eigenvalue weighted by Crippen LogP contribution is -2.46. The molecule has 0 saturated carbocycles. The number of carbonyl (C=O) groups is 2. The molecular formula is C27H23NO3. The highest BCUT2D eigenvalue weighted by Gasteiger charge is 2.32. The van der Waals surface area contributed by atoms with Crippen molar-refractivity contribution in [2.24, 2.45) is 0 Å². The Kier molecular flexibility index (Phi) is 6.08.